The fourth-order valence-electron chi connectivity index (χ4n) is 2.10. The van der Waals surface area contributed by atoms with E-state index in [1.165, 1.54) is 12.1 Å². The zero-order valence-corrected chi connectivity index (χ0v) is 14.0. The molecular formula is C13H15BrN2O5S. The topological polar surface area (TPSA) is 107 Å². The molecule has 2 rings (SSSR count). The van der Waals surface area contributed by atoms with Crippen LogP contribution < -0.4 is 5.14 Å². The van der Waals surface area contributed by atoms with Crippen molar-refractivity contribution in [3.8, 4) is 0 Å². The molecule has 120 valence electrons. The molecule has 0 spiro atoms. The van der Waals surface area contributed by atoms with Gasteiger partial charge in [-0.2, -0.15) is 0 Å². The summed E-state index contributed by atoms with van der Waals surface area (Å²) in [5.74, 6) is -1.05. The number of halogens is 1. The summed E-state index contributed by atoms with van der Waals surface area (Å²) in [7, 11) is -3.92. The number of esters is 1. The van der Waals surface area contributed by atoms with Crippen LogP contribution in [0.25, 0.3) is 0 Å². The number of carbonyl (C=O) groups is 2. The van der Waals surface area contributed by atoms with Gasteiger partial charge in [-0.15, -0.1) is 0 Å². The lowest BCUT2D eigenvalue weighted by atomic mass is 10.2. The van der Waals surface area contributed by atoms with E-state index >= 15 is 0 Å². The third-order valence-corrected chi connectivity index (χ3v) is 4.87. The number of likely N-dealkylation sites (tertiary alicyclic amines) is 1. The molecule has 0 bridgehead atoms. The zero-order valence-electron chi connectivity index (χ0n) is 11.6. The normalized spacial score (nSPS) is 14.9. The summed E-state index contributed by atoms with van der Waals surface area (Å²) in [5, 5.41) is 5.02. The van der Waals surface area contributed by atoms with Crippen LogP contribution in [0.15, 0.2) is 27.6 Å². The van der Waals surface area contributed by atoms with Gasteiger partial charge in [-0.1, -0.05) is 0 Å². The highest BCUT2D eigenvalue weighted by Crippen LogP contribution is 2.21. The summed E-state index contributed by atoms with van der Waals surface area (Å²) < 4.78 is 27.9. The Morgan fingerprint density at radius 3 is 2.50 bits per heavy atom. The van der Waals surface area contributed by atoms with Gasteiger partial charge in [-0.05, 0) is 47.0 Å². The molecule has 0 atom stereocenters. The molecule has 0 saturated carbocycles. The molecule has 0 unspecified atom stereocenters. The highest BCUT2D eigenvalue weighted by molar-refractivity contribution is 9.10. The summed E-state index contributed by atoms with van der Waals surface area (Å²) >= 11 is 3.14. The van der Waals surface area contributed by atoms with Crippen LogP contribution in [0.5, 0.6) is 0 Å². The third kappa shape index (κ3) is 4.05. The molecule has 1 aliphatic rings. The van der Waals surface area contributed by atoms with E-state index in [1.54, 1.807) is 4.90 Å². The first-order valence-electron chi connectivity index (χ1n) is 6.56. The Labute approximate surface area is 136 Å². The van der Waals surface area contributed by atoms with E-state index in [1.807, 2.05) is 0 Å². The van der Waals surface area contributed by atoms with Crippen LogP contribution in [0.3, 0.4) is 0 Å². The SMILES string of the molecule is NS(=O)(=O)c1ccc(Br)c(C(=O)OCC(=O)N2CCCC2)c1. The van der Waals surface area contributed by atoms with E-state index < -0.39 is 16.0 Å². The lowest BCUT2D eigenvalue weighted by Gasteiger charge is -2.15. The number of ether oxygens (including phenoxy) is 1. The lowest BCUT2D eigenvalue weighted by molar-refractivity contribution is -0.133. The Hall–Kier alpha value is -1.45. The van der Waals surface area contributed by atoms with Crippen LogP contribution in [0.1, 0.15) is 23.2 Å². The summed E-state index contributed by atoms with van der Waals surface area (Å²) in [4.78, 5) is 25.2. The predicted molar refractivity (Wildman–Crippen MR) is 81.6 cm³/mol. The van der Waals surface area contributed by atoms with Crippen LogP contribution in [-0.4, -0.2) is 44.9 Å². The number of carbonyl (C=O) groups excluding carboxylic acids is 2. The van der Waals surface area contributed by atoms with Gasteiger partial charge in [0.05, 0.1) is 10.5 Å². The van der Waals surface area contributed by atoms with Crippen molar-refractivity contribution < 1.29 is 22.7 Å². The Morgan fingerprint density at radius 1 is 1.27 bits per heavy atom. The summed E-state index contributed by atoms with van der Waals surface area (Å²) in [6, 6.07) is 3.77. The predicted octanol–water partition coefficient (Wildman–Crippen LogP) is 0.876. The third-order valence-electron chi connectivity index (χ3n) is 3.27. The Balaban J connectivity index is 2.07. The number of primary sulfonamides is 1. The van der Waals surface area contributed by atoms with Crippen LogP contribution in [0.2, 0.25) is 0 Å². The number of hydrogen-bond acceptors (Lipinski definition) is 5. The van der Waals surface area contributed by atoms with Crippen molar-refractivity contribution in [1.29, 1.82) is 0 Å². The van der Waals surface area contributed by atoms with Crippen LogP contribution in [0.4, 0.5) is 0 Å². The first kappa shape index (κ1) is 16.9. The van der Waals surface area contributed by atoms with Gasteiger partial charge in [0.25, 0.3) is 5.91 Å². The molecule has 1 heterocycles. The average Bonchev–Trinajstić information content (AvgIpc) is 2.97. The molecule has 1 fully saturated rings. The van der Waals surface area contributed by atoms with E-state index in [4.69, 9.17) is 9.88 Å². The first-order valence-corrected chi connectivity index (χ1v) is 8.90. The van der Waals surface area contributed by atoms with E-state index in [-0.39, 0.29) is 23.0 Å². The molecule has 1 aromatic rings. The van der Waals surface area contributed by atoms with Gasteiger partial charge >= 0.3 is 5.97 Å². The number of benzene rings is 1. The zero-order chi connectivity index (χ0) is 16.3. The van der Waals surface area contributed by atoms with Crippen LogP contribution >= 0.6 is 15.9 Å². The number of rotatable bonds is 4. The maximum absolute atomic E-state index is 12.0. The smallest absolute Gasteiger partial charge is 0.339 e. The molecule has 0 aromatic heterocycles. The van der Waals surface area contributed by atoms with Gasteiger partial charge in [0.2, 0.25) is 10.0 Å². The number of nitrogens with zero attached hydrogens (tertiary/aromatic N) is 1. The molecule has 0 radical (unpaired) electrons. The van der Waals surface area contributed by atoms with Crippen LogP contribution in [0, 0.1) is 0 Å². The number of nitrogens with two attached hydrogens (primary N) is 1. The highest BCUT2D eigenvalue weighted by Gasteiger charge is 2.21. The molecule has 2 N–H and O–H groups in total. The Morgan fingerprint density at radius 2 is 1.91 bits per heavy atom. The Kier molecular flexibility index (Phi) is 5.20. The molecule has 1 saturated heterocycles. The van der Waals surface area contributed by atoms with Gasteiger partial charge in [0, 0.05) is 17.6 Å². The first-order chi connectivity index (χ1) is 10.3. The largest absolute Gasteiger partial charge is 0.452 e. The number of sulfonamides is 1. The van der Waals surface area contributed by atoms with Crippen molar-refractivity contribution in [3.05, 3.63) is 28.2 Å². The molecule has 22 heavy (non-hydrogen) atoms. The molecule has 0 aliphatic carbocycles. The van der Waals surface area contributed by atoms with E-state index in [9.17, 15) is 18.0 Å². The molecule has 7 nitrogen and oxygen atoms in total. The minimum absolute atomic E-state index is 0.000692. The van der Waals surface area contributed by atoms with E-state index in [2.05, 4.69) is 15.9 Å². The molecule has 1 aromatic carbocycles. The lowest BCUT2D eigenvalue weighted by Crippen LogP contribution is -2.32. The van der Waals surface area contributed by atoms with Gasteiger partial charge in [0.1, 0.15) is 0 Å². The number of amides is 1. The Bertz CT molecular complexity index is 698. The molecule has 9 heteroatoms. The minimum Gasteiger partial charge on any atom is -0.452 e. The number of hydrogen-bond donors (Lipinski definition) is 1. The van der Waals surface area contributed by atoms with Crippen molar-refractivity contribution in [3.63, 3.8) is 0 Å². The summed E-state index contributed by atoms with van der Waals surface area (Å²) in [5.41, 5.74) is 0.000692. The quantitative estimate of drug-likeness (QED) is 0.767. The van der Waals surface area contributed by atoms with Gasteiger partial charge < -0.3 is 9.64 Å². The maximum Gasteiger partial charge on any atom is 0.339 e. The second-order valence-electron chi connectivity index (χ2n) is 4.85. The van der Waals surface area contributed by atoms with Crippen molar-refractivity contribution in [2.75, 3.05) is 19.7 Å². The van der Waals surface area contributed by atoms with Gasteiger partial charge in [-0.3, -0.25) is 4.79 Å². The van der Waals surface area contributed by atoms with Crippen molar-refractivity contribution >= 4 is 37.8 Å². The van der Waals surface area contributed by atoms with Crippen molar-refractivity contribution in [1.82, 2.24) is 4.90 Å². The maximum atomic E-state index is 12.0. The summed E-state index contributed by atoms with van der Waals surface area (Å²) in [6.45, 7) is 0.965. The monoisotopic (exact) mass is 390 g/mol. The molecule has 1 amide bonds. The second-order valence-corrected chi connectivity index (χ2v) is 7.27. The minimum atomic E-state index is -3.92. The fraction of sp³-hybridized carbons (Fsp3) is 0.385. The van der Waals surface area contributed by atoms with E-state index in [0.29, 0.717) is 17.6 Å². The van der Waals surface area contributed by atoms with E-state index in [0.717, 1.165) is 18.9 Å². The second kappa shape index (κ2) is 6.76. The van der Waals surface area contributed by atoms with Gasteiger partial charge in [0.15, 0.2) is 6.61 Å². The van der Waals surface area contributed by atoms with Crippen molar-refractivity contribution in [2.24, 2.45) is 5.14 Å². The highest BCUT2D eigenvalue weighted by atomic mass is 79.9. The van der Waals surface area contributed by atoms with Crippen molar-refractivity contribution in [2.45, 2.75) is 17.7 Å². The molecular weight excluding hydrogens is 376 g/mol. The standard InChI is InChI=1S/C13H15BrN2O5S/c14-11-4-3-9(22(15,19)20)7-10(11)13(18)21-8-12(17)16-5-1-2-6-16/h3-4,7H,1-2,5-6,8H2,(H2,15,19,20). The summed E-state index contributed by atoms with van der Waals surface area (Å²) in [6.07, 6.45) is 1.89. The fourth-order valence-corrected chi connectivity index (χ4v) is 3.05. The average molecular weight is 391 g/mol. The van der Waals surface area contributed by atoms with Gasteiger partial charge in [-0.25, -0.2) is 18.4 Å². The molecule has 1 aliphatic heterocycles. The van der Waals surface area contributed by atoms with Crippen LogP contribution in [-0.2, 0) is 19.6 Å².